The number of nitrogens with one attached hydrogen (secondary N) is 2. The minimum Gasteiger partial charge on any atom is -0.379 e. The molecule has 0 radical (unpaired) electrons. The van der Waals surface area contributed by atoms with E-state index in [2.05, 4.69) is 10.0 Å². The number of ether oxygens (including phenoxy) is 1. The standard InChI is InChI=1S/C13H21N3O5S/c1-10(2)9-21-7-6-15-12-5-4-11(22(19,20)14-3)8-13(12)16(17)18/h4-5,8,10,14-15H,6-7,9H2,1-3H3. The summed E-state index contributed by atoms with van der Waals surface area (Å²) in [5, 5.41) is 14.0. The van der Waals surface area contributed by atoms with Crippen LogP contribution < -0.4 is 10.0 Å². The second kappa shape index (κ2) is 8.06. The van der Waals surface area contributed by atoms with Crippen LogP contribution in [0.25, 0.3) is 0 Å². The predicted octanol–water partition coefficient (Wildman–Crippen LogP) is 1.59. The molecule has 0 saturated heterocycles. The molecular weight excluding hydrogens is 310 g/mol. The zero-order valence-corrected chi connectivity index (χ0v) is 13.6. The van der Waals surface area contributed by atoms with Crippen LogP contribution in [-0.4, -0.2) is 40.1 Å². The van der Waals surface area contributed by atoms with Crippen molar-refractivity contribution in [2.75, 3.05) is 32.1 Å². The summed E-state index contributed by atoms with van der Waals surface area (Å²) in [5.74, 6) is 0.417. The van der Waals surface area contributed by atoms with Gasteiger partial charge >= 0.3 is 0 Å². The maximum atomic E-state index is 11.7. The van der Waals surface area contributed by atoms with Gasteiger partial charge < -0.3 is 10.1 Å². The molecule has 1 aromatic carbocycles. The largest absolute Gasteiger partial charge is 0.379 e. The molecule has 22 heavy (non-hydrogen) atoms. The summed E-state index contributed by atoms with van der Waals surface area (Å²) in [6.07, 6.45) is 0. The fourth-order valence-electron chi connectivity index (χ4n) is 1.67. The van der Waals surface area contributed by atoms with E-state index in [1.54, 1.807) is 0 Å². The van der Waals surface area contributed by atoms with Crippen molar-refractivity contribution < 1.29 is 18.1 Å². The van der Waals surface area contributed by atoms with Crippen molar-refractivity contribution in [3.05, 3.63) is 28.3 Å². The summed E-state index contributed by atoms with van der Waals surface area (Å²) >= 11 is 0. The average molecular weight is 331 g/mol. The monoisotopic (exact) mass is 331 g/mol. The SMILES string of the molecule is CNS(=O)(=O)c1ccc(NCCOCC(C)C)c([N+](=O)[O-])c1. The van der Waals surface area contributed by atoms with Gasteiger partial charge in [-0.1, -0.05) is 13.8 Å². The fraction of sp³-hybridized carbons (Fsp3) is 0.538. The summed E-state index contributed by atoms with van der Waals surface area (Å²) in [5.41, 5.74) is -0.0339. The Bertz CT molecular complexity index is 616. The van der Waals surface area contributed by atoms with Crippen LogP contribution in [0.1, 0.15) is 13.8 Å². The van der Waals surface area contributed by atoms with Gasteiger partial charge in [0.15, 0.2) is 0 Å². The van der Waals surface area contributed by atoms with Gasteiger partial charge in [0.05, 0.1) is 16.4 Å². The van der Waals surface area contributed by atoms with Crippen molar-refractivity contribution in [1.82, 2.24) is 4.72 Å². The lowest BCUT2D eigenvalue weighted by Gasteiger charge is -2.10. The second-order valence-electron chi connectivity index (χ2n) is 5.04. The van der Waals surface area contributed by atoms with Crippen molar-refractivity contribution in [2.24, 2.45) is 5.92 Å². The highest BCUT2D eigenvalue weighted by Crippen LogP contribution is 2.27. The van der Waals surface area contributed by atoms with Crippen molar-refractivity contribution in [3.8, 4) is 0 Å². The summed E-state index contributed by atoms with van der Waals surface area (Å²) in [4.78, 5) is 10.3. The number of hydrogen-bond acceptors (Lipinski definition) is 6. The highest BCUT2D eigenvalue weighted by Gasteiger charge is 2.20. The fourth-order valence-corrected chi connectivity index (χ4v) is 2.42. The first-order chi connectivity index (χ1) is 10.3. The van der Waals surface area contributed by atoms with Crippen molar-refractivity contribution in [2.45, 2.75) is 18.7 Å². The maximum absolute atomic E-state index is 11.7. The third-order valence-corrected chi connectivity index (χ3v) is 4.17. The predicted molar refractivity (Wildman–Crippen MR) is 83.5 cm³/mol. The second-order valence-corrected chi connectivity index (χ2v) is 6.93. The molecule has 1 aromatic rings. The molecule has 0 heterocycles. The highest BCUT2D eigenvalue weighted by molar-refractivity contribution is 7.89. The third kappa shape index (κ3) is 5.24. The van der Waals surface area contributed by atoms with Gasteiger partial charge in [0.2, 0.25) is 10.0 Å². The number of rotatable bonds is 9. The van der Waals surface area contributed by atoms with Crippen LogP contribution in [0.5, 0.6) is 0 Å². The molecule has 0 fully saturated rings. The first-order valence-electron chi connectivity index (χ1n) is 6.81. The molecule has 0 aliphatic heterocycles. The minimum absolute atomic E-state index is 0.150. The van der Waals surface area contributed by atoms with Crippen molar-refractivity contribution in [3.63, 3.8) is 0 Å². The van der Waals surface area contributed by atoms with Gasteiger partial charge in [0.25, 0.3) is 5.69 Å². The summed E-state index contributed by atoms with van der Waals surface area (Å²) in [6, 6.07) is 3.73. The molecule has 0 aliphatic carbocycles. The highest BCUT2D eigenvalue weighted by atomic mass is 32.2. The van der Waals surface area contributed by atoms with Gasteiger partial charge in [-0.3, -0.25) is 10.1 Å². The van der Waals surface area contributed by atoms with Crippen LogP contribution in [0.15, 0.2) is 23.1 Å². The van der Waals surface area contributed by atoms with Crippen LogP contribution in [0.4, 0.5) is 11.4 Å². The topological polar surface area (TPSA) is 111 Å². The third-order valence-electron chi connectivity index (χ3n) is 2.76. The molecule has 124 valence electrons. The number of anilines is 1. The lowest BCUT2D eigenvalue weighted by molar-refractivity contribution is -0.384. The molecule has 1 rings (SSSR count). The summed E-state index contributed by atoms with van der Waals surface area (Å²) < 4.78 is 30.8. The van der Waals surface area contributed by atoms with Crippen LogP contribution in [0.2, 0.25) is 0 Å². The van der Waals surface area contributed by atoms with E-state index in [1.807, 2.05) is 13.8 Å². The number of nitrogens with zero attached hydrogens (tertiary/aromatic N) is 1. The van der Waals surface area contributed by atoms with Gasteiger partial charge in [0, 0.05) is 19.2 Å². The van der Waals surface area contributed by atoms with Gasteiger partial charge in [-0.15, -0.1) is 0 Å². The van der Waals surface area contributed by atoms with Crippen LogP contribution >= 0.6 is 0 Å². The zero-order chi connectivity index (χ0) is 16.8. The number of sulfonamides is 1. The Balaban J connectivity index is 2.81. The molecule has 0 spiro atoms. The van der Waals surface area contributed by atoms with Crippen molar-refractivity contribution >= 4 is 21.4 Å². The van der Waals surface area contributed by atoms with E-state index in [0.717, 1.165) is 6.07 Å². The molecule has 0 aromatic heterocycles. The molecule has 0 bridgehead atoms. The summed E-state index contributed by atoms with van der Waals surface area (Å²) in [7, 11) is -2.47. The van der Waals surface area contributed by atoms with E-state index in [-0.39, 0.29) is 16.3 Å². The number of benzene rings is 1. The Morgan fingerprint density at radius 2 is 2.05 bits per heavy atom. The van der Waals surface area contributed by atoms with E-state index in [1.165, 1.54) is 19.2 Å². The Morgan fingerprint density at radius 3 is 2.59 bits per heavy atom. The van der Waals surface area contributed by atoms with E-state index in [9.17, 15) is 18.5 Å². The molecule has 9 heteroatoms. The van der Waals surface area contributed by atoms with Crippen LogP contribution in [0, 0.1) is 16.0 Å². The number of hydrogen-bond donors (Lipinski definition) is 2. The molecular formula is C13H21N3O5S. The van der Waals surface area contributed by atoms with E-state index in [0.29, 0.717) is 25.7 Å². The summed E-state index contributed by atoms with van der Waals surface area (Å²) in [6.45, 7) is 5.47. The molecule has 2 N–H and O–H groups in total. The van der Waals surface area contributed by atoms with Gasteiger partial charge in [-0.05, 0) is 25.1 Å². The molecule has 8 nitrogen and oxygen atoms in total. The smallest absolute Gasteiger partial charge is 0.293 e. The van der Waals surface area contributed by atoms with Crippen molar-refractivity contribution in [1.29, 1.82) is 0 Å². The van der Waals surface area contributed by atoms with Crippen LogP contribution in [0.3, 0.4) is 0 Å². The van der Waals surface area contributed by atoms with Crippen LogP contribution in [-0.2, 0) is 14.8 Å². The Hall–Kier alpha value is -1.71. The van der Waals surface area contributed by atoms with E-state index in [4.69, 9.17) is 4.74 Å². The molecule has 0 unspecified atom stereocenters. The minimum atomic E-state index is -3.72. The normalized spacial score (nSPS) is 11.6. The molecule has 0 saturated carbocycles. The molecule has 0 aliphatic rings. The lowest BCUT2D eigenvalue weighted by Crippen LogP contribution is -2.19. The maximum Gasteiger partial charge on any atom is 0.293 e. The Labute approximate surface area is 130 Å². The Kier molecular flexibility index (Phi) is 6.72. The quantitative estimate of drug-likeness (QED) is 0.404. The molecule has 0 atom stereocenters. The van der Waals surface area contributed by atoms with Gasteiger partial charge in [-0.25, -0.2) is 13.1 Å². The Morgan fingerprint density at radius 1 is 1.36 bits per heavy atom. The van der Waals surface area contributed by atoms with Gasteiger partial charge in [0.1, 0.15) is 5.69 Å². The first kappa shape index (κ1) is 18.3. The average Bonchev–Trinajstić information content (AvgIpc) is 2.46. The number of nitro benzene ring substituents is 1. The van der Waals surface area contributed by atoms with E-state index >= 15 is 0 Å². The number of nitro groups is 1. The van der Waals surface area contributed by atoms with Gasteiger partial charge in [-0.2, -0.15) is 0 Å². The van der Waals surface area contributed by atoms with E-state index < -0.39 is 14.9 Å². The zero-order valence-electron chi connectivity index (χ0n) is 12.8. The molecule has 0 amide bonds. The lowest BCUT2D eigenvalue weighted by atomic mass is 10.2. The first-order valence-corrected chi connectivity index (χ1v) is 8.30.